The molecule has 0 aliphatic rings. The number of hydrogen-bond donors (Lipinski definition) is 1. The molecule has 2 rings (SSSR count). The lowest BCUT2D eigenvalue weighted by atomic mass is 10.1. The molecular formula is C15H15BrFNO. The van der Waals surface area contributed by atoms with Gasteiger partial charge in [-0.3, -0.25) is 0 Å². The van der Waals surface area contributed by atoms with E-state index in [1.165, 1.54) is 6.07 Å². The topological polar surface area (TPSA) is 35.2 Å². The Morgan fingerprint density at radius 2 is 1.89 bits per heavy atom. The molecule has 0 saturated carbocycles. The van der Waals surface area contributed by atoms with Gasteiger partial charge >= 0.3 is 0 Å². The Hall–Kier alpha value is -1.39. The van der Waals surface area contributed by atoms with E-state index in [9.17, 15) is 4.39 Å². The summed E-state index contributed by atoms with van der Waals surface area (Å²) in [5.41, 5.74) is 6.56. The minimum atomic E-state index is -0.246. The smallest absolute Gasteiger partial charge is 0.127 e. The minimum absolute atomic E-state index is 0.240. The maximum atomic E-state index is 13.6. The summed E-state index contributed by atoms with van der Waals surface area (Å²) in [6.07, 6.45) is 0.450. The Bertz CT molecular complexity index is 533. The molecule has 0 bridgehead atoms. The number of halogens is 2. The summed E-state index contributed by atoms with van der Waals surface area (Å²) in [4.78, 5) is 0. The van der Waals surface area contributed by atoms with Gasteiger partial charge in [0.25, 0.3) is 0 Å². The molecule has 0 fully saturated rings. The van der Waals surface area contributed by atoms with Crippen LogP contribution in [0.2, 0.25) is 0 Å². The summed E-state index contributed by atoms with van der Waals surface area (Å²) in [5, 5.41) is 0. The summed E-state index contributed by atoms with van der Waals surface area (Å²) < 4.78 is 19.9. The molecule has 2 nitrogen and oxygen atoms in total. The van der Waals surface area contributed by atoms with E-state index in [0.717, 1.165) is 10.2 Å². The van der Waals surface area contributed by atoms with Gasteiger partial charge in [-0.1, -0.05) is 40.2 Å². The highest BCUT2D eigenvalue weighted by Gasteiger charge is 2.09. The van der Waals surface area contributed by atoms with E-state index >= 15 is 0 Å². The highest BCUT2D eigenvalue weighted by molar-refractivity contribution is 9.10. The highest BCUT2D eigenvalue weighted by atomic mass is 79.9. The molecule has 0 amide bonds. The van der Waals surface area contributed by atoms with Gasteiger partial charge in [-0.2, -0.15) is 0 Å². The summed E-state index contributed by atoms with van der Waals surface area (Å²) >= 11 is 3.23. The molecule has 0 aliphatic carbocycles. The van der Waals surface area contributed by atoms with Crippen molar-refractivity contribution >= 4 is 15.9 Å². The Kier molecular flexibility index (Phi) is 4.93. The van der Waals surface area contributed by atoms with Crippen LogP contribution in [0.3, 0.4) is 0 Å². The molecule has 1 unspecified atom stereocenters. The largest absolute Gasteiger partial charge is 0.492 e. The summed E-state index contributed by atoms with van der Waals surface area (Å²) in [7, 11) is 0. The van der Waals surface area contributed by atoms with Crippen molar-refractivity contribution in [2.75, 3.05) is 6.61 Å². The van der Waals surface area contributed by atoms with E-state index in [0.29, 0.717) is 18.6 Å². The van der Waals surface area contributed by atoms with Crippen LogP contribution in [0.4, 0.5) is 4.39 Å². The van der Waals surface area contributed by atoms with E-state index in [4.69, 9.17) is 10.5 Å². The van der Waals surface area contributed by atoms with Crippen LogP contribution in [0, 0.1) is 5.82 Å². The van der Waals surface area contributed by atoms with Crippen LogP contribution < -0.4 is 10.5 Å². The Morgan fingerprint density at radius 1 is 1.16 bits per heavy atom. The van der Waals surface area contributed by atoms with E-state index in [1.807, 2.05) is 36.4 Å². The van der Waals surface area contributed by atoms with Crippen molar-refractivity contribution in [3.8, 4) is 5.75 Å². The first-order chi connectivity index (χ1) is 9.15. The van der Waals surface area contributed by atoms with Crippen molar-refractivity contribution < 1.29 is 9.13 Å². The van der Waals surface area contributed by atoms with E-state index in [1.54, 1.807) is 6.07 Å². The molecule has 0 radical (unpaired) electrons. The van der Waals surface area contributed by atoms with Gasteiger partial charge in [0.05, 0.1) is 0 Å². The average Bonchev–Trinajstić information content (AvgIpc) is 2.41. The lowest BCUT2D eigenvalue weighted by Crippen LogP contribution is -2.30. The number of hydrogen-bond acceptors (Lipinski definition) is 2. The normalized spacial score (nSPS) is 12.2. The van der Waals surface area contributed by atoms with Crippen LogP contribution in [-0.4, -0.2) is 12.6 Å². The fourth-order valence-corrected chi connectivity index (χ4v) is 2.08. The molecule has 2 N–H and O–H groups in total. The van der Waals surface area contributed by atoms with E-state index < -0.39 is 0 Å². The minimum Gasteiger partial charge on any atom is -0.492 e. The highest BCUT2D eigenvalue weighted by Crippen LogP contribution is 2.16. The van der Waals surface area contributed by atoms with Crippen LogP contribution >= 0.6 is 15.9 Å². The standard InChI is InChI=1S/C15H15BrFNO/c16-12-7-6-11(15(17)9-12)8-13(18)10-19-14-4-2-1-3-5-14/h1-7,9,13H,8,10,18H2. The van der Waals surface area contributed by atoms with Crippen molar-refractivity contribution in [3.63, 3.8) is 0 Å². The van der Waals surface area contributed by atoms with Gasteiger partial charge < -0.3 is 10.5 Å². The fourth-order valence-electron chi connectivity index (χ4n) is 1.75. The van der Waals surface area contributed by atoms with Crippen LogP contribution in [0.25, 0.3) is 0 Å². The van der Waals surface area contributed by atoms with Crippen LogP contribution in [0.15, 0.2) is 53.0 Å². The summed E-state index contributed by atoms with van der Waals surface area (Å²) in [6.45, 7) is 0.361. The molecule has 19 heavy (non-hydrogen) atoms. The molecule has 0 saturated heterocycles. The van der Waals surface area contributed by atoms with E-state index in [2.05, 4.69) is 15.9 Å². The first-order valence-corrected chi connectivity index (χ1v) is 6.82. The number of nitrogens with two attached hydrogens (primary N) is 1. The third-order valence-electron chi connectivity index (χ3n) is 2.70. The molecule has 1 atom stereocenters. The molecule has 100 valence electrons. The van der Waals surface area contributed by atoms with Gasteiger partial charge in [-0.15, -0.1) is 0 Å². The monoisotopic (exact) mass is 323 g/mol. The molecule has 0 aliphatic heterocycles. The summed E-state index contributed by atoms with van der Waals surface area (Å²) in [5.74, 6) is 0.527. The van der Waals surface area contributed by atoms with Gasteiger partial charge in [-0.25, -0.2) is 4.39 Å². The lowest BCUT2D eigenvalue weighted by molar-refractivity contribution is 0.287. The van der Waals surface area contributed by atoms with Gasteiger partial charge in [-0.05, 0) is 36.2 Å². The molecule has 2 aromatic rings. The van der Waals surface area contributed by atoms with Crippen molar-refractivity contribution in [1.82, 2.24) is 0 Å². The zero-order chi connectivity index (χ0) is 13.7. The second-order valence-electron chi connectivity index (χ2n) is 4.32. The molecular weight excluding hydrogens is 309 g/mol. The van der Waals surface area contributed by atoms with Gasteiger partial charge in [0.2, 0.25) is 0 Å². The second kappa shape index (κ2) is 6.68. The van der Waals surface area contributed by atoms with Crippen molar-refractivity contribution in [2.24, 2.45) is 5.73 Å². The Balaban J connectivity index is 1.89. The van der Waals surface area contributed by atoms with Crippen LogP contribution in [0.5, 0.6) is 5.75 Å². The van der Waals surface area contributed by atoms with Crippen molar-refractivity contribution in [1.29, 1.82) is 0 Å². The predicted octanol–water partition coefficient (Wildman–Crippen LogP) is 3.54. The number of para-hydroxylation sites is 1. The van der Waals surface area contributed by atoms with Gasteiger partial charge in [0.15, 0.2) is 0 Å². The van der Waals surface area contributed by atoms with Crippen molar-refractivity contribution in [3.05, 3.63) is 64.4 Å². The SMILES string of the molecule is NC(COc1ccccc1)Cc1ccc(Br)cc1F. The summed E-state index contributed by atoms with van der Waals surface area (Å²) in [6, 6.07) is 14.2. The first kappa shape index (κ1) is 14.0. The third kappa shape index (κ3) is 4.33. The first-order valence-electron chi connectivity index (χ1n) is 6.02. The maximum absolute atomic E-state index is 13.6. The number of rotatable bonds is 5. The fraction of sp³-hybridized carbons (Fsp3) is 0.200. The Labute approximate surface area is 120 Å². The number of benzene rings is 2. The molecule has 0 aromatic heterocycles. The quantitative estimate of drug-likeness (QED) is 0.913. The lowest BCUT2D eigenvalue weighted by Gasteiger charge is -2.13. The van der Waals surface area contributed by atoms with Crippen molar-refractivity contribution in [2.45, 2.75) is 12.5 Å². The molecule has 4 heteroatoms. The van der Waals surface area contributed by atoms with Crippen LogP contribution in [0.1, 0.15) is 5.56 Å². The molecule has 0 heterocycles. The van der Waals surface area contributed by atoms with Gasteiger partial charge in [0, 0.05) is 10.5 Å². The zero-order valence-electron chi connectivity index (χ0n) is 10.4. The van der Waals surface area contributed by atoms with Crippen LogP contribution in [-0.2, 0) is 6.42 Å². The third-order valence-corrected chi connectivity index (χ3v) is 3.20. The van der Waals surface area contributed by atoms with Gasteiger partial charge in [0.1, 0.15) is 18.2 Å². The maximum Gasteiger partial charge on any atom is 0.127 e. The second-order valence-corrected chi connectivity index (χ2v) is 5.24. The molecule has 0 spiro atoms. The molecule has 2 aromatic carbocycles. The predicted molar refractivity (Wildman–Crippen MR) is 77.7 cm³/mol. The zero-order valence-corrected chi connectivity index (χ0v) is 11.9. The van der Waals surface area contributed by atoms with E-state index in [-0.39, 0.29) is 11.9 Å². The Morgan fingerprint density at radius 3 is 2.58 bits per heavy atom. The average molecular weight is 324 g/mol. The number of ether oxygens (including phenoxy) is 1.